The van der Waals surface area contributed by atoms with Crippen LogP contribution >= 0.6 is 11.3 Å². The zero-order chi connectivity index (χ0) is 25.2. The van der Waals surface area contributed by atoms with E-state index in [1.54, 1.807) is 6.33 Å². The average Bonchev–Trinajstić information content (AvgIpc) is 3.51. The second-order valence-corrected chi connectivity index (χ2v) is 12.7. The van der Waals surface area contributed by atoms with Gasteiger partial charge in [-0.05, 0) is 81.8 Å². The smallest absolute Gasteiger partial charge is 0.236 e. The summed E-state index contributed by atoms with van der Waals surface area (Å²) in [6.07, 6.45) is 8.62. The van der Waals surface area contributed by atoms with Crippen LogP contribution in [0.3, 0.4) is 0 Å². The Hall–Kier alpha value is -2.71. The molecule has 1 aliphatic heterocycles. The van der Waals surface area contributed by atoms with Gasteiger partial charge in [-0.25, -0.2) is 9.50 Å². The average molecular weight is 505 g/mol. The molecule has 1 N–H and O–H groups in total. The molecule has 1 saturated heterocycles. The summed E-state index contributed by atoms with van der Waals surface area (Å²) >= 11 is 1.99. The summed E-state index contributed by atoms with van der Waals surface area (Å²) in [5, 5.41) is 4.38. The van der Waals surface area contributed by atoms with Gasteiger partial charge in [-0.3, -0.25) is 4.79 Å². The zero-order valence-electron chi connectivity index (χ0n) is 22.0. The van der Waals surface area contributed by atoms with Gasteiger partial charge in [0.25, 0.3) is 0 Å². The number of rotatable bonds is 5. The molecule has 1 spiro atoms. The van der Waals surface area contributed by atoms with E-state index in [2.05, 4.69) is 59.1 Å². The fourth-order valence-corrected chi connectivity index (χ4v) is 7.85. The molecule has 1 saturated carbocycles. The molecule has 8 heteroatoms. The van der Waals surface area contributed by atoms with Crippen molar-refractivity contribution in [3.05, 3.63) is 40.7 Å². The van der Waals surface area contributed by atoms with E-state index in [-0.39, 0.29) is 5.91 Å². The Kier molecular flexibility index (Phi) is 5.72. The van der Waals surface area contributed by atoms with E-state index in [9.17, 15) is 4.79 Å². The molecule has 1 amide bonds. The van der Waals surface area contributed by atoms with Crippen LogP contribution in [0.25, 0.3) is 27.1 Å². The van der Waals surface area contributed by atoms with Crippen LogP contribution in [0, 0.1) is 12.3 Å². The fraction of sp³-hybridized carbons (Fsp3) is 0.536. The lowest BCUT2D eigenvalue weighted by Gasteiger charge is -2.53. The molecule has 0 radical (unpaired) electrons. The van der Waals surface area contributed by atoms with Crippen LogP contribution in [0.4, 0.5) is 0 Å². The van der Waals surface area contributed by atoms with E-state index >= 15 is 0 Å². The highest BCUT2D eigenvalue weighted by atomic mass is 32.1. The van der Waals surface area contributed by atoms with E-state index in [0.29, 0.717) is 23.8 Å². The molecule has 0 bridgehead atoms. The van der Waals surface area contributed by atoms with Crippen molar-refractivity contribution in [1.29, 1.82) is 0 Å². The van der Waals surface area contributed by atoms with Crippen molar-refractivity contribution in [2.45, 2.75) is 58.3 Å². The van der Waals surface area contributed by atoms with Crippen molar-refractivity contribution in [1.82, 2.24) is 29.4 Å². The van der Waals surface area contributed by atoms with Crippen LogP contribution in [-0.4, -0.2) is 69.0 Å². The molecule has 0 atom stereocenters. The largest absolute Gasteiger partial charge is 0.354 e. The van der Waals surface area contributed by atoms with Gasteiger partial charge in [-0.15, -0.1) is 11.3 Å². The van der Waals surface area contributed by atoms with Crippen LogP contribution in [-0.2, 0) is 4.79 Å². The number of fused-ring (bicyclic) bond motifs is 2. The highest BCUT2D eigenvalue weighted by Crippen LogP contribution is 2.51. The van der Waals surface area contributed by atoms with Crippen LogP contribution in [0.5, 0.6) is 0 Å². The number of nitrogens with zero attached hydrogens (tertiary/aromatic N) is 5. The summed E-state index contributed by atoms with van der Waals surface area (Å²) in [5.74, 6) is 1.32. The highest BCUT2D eigenvalue weighted by Gasteiger charge is 2.47. The first-order valence-corrected chi connectivity index (χ1v) is 13.9. The van der Waals surface area contributed by atoms with Crippen LogP contribution in [0.1, 0.15) is 67.4 Å². The van der Waals surface area contributed by atoms with Gasteiger partial charge in [0.05, 0.1) is 22.5 Å². The number of pyridine rings is 1. The van der Waals surface area contributed by atoms with Crippen molar-refractivity contribution in [2.75, 3.05) is 33.7 Å². The summed E-state index contributed by atoms with van der Waals surface area (Å²) in [6, 6.07) is 4.63. The van der Waals surface area contributed by atoms with Crippen LogP contribution in [0.15, 0.2) is 24.7 Å². The topological polar surface area (TPSA) is 69.5 Å². The van der Waals surface area contributed by atoms with Gasteiger partial charge < -0.3 is 14.8 Å². The molecule has 6 rings (SSSR count). The molecule has 2 fully saturated rings. The van der Waals surface area contributed by atoms with Crippen molar-refractivity contribution >= 4 is 33.1 Å². The number of amides is 1. The third-order valence-corrected chi connectivity index (χ3v) is 9.59. The molecule has 190 valence electrons. The Morgan fingerprint density at radius 1 is 1.25 bits per heavy atom. The Morgan fingerprint density at radius 2 is 2.00 bits per heavy atom. The quantitative estimate of drug-likeness (QED) is 0.394. The second-order valence-electron chi connectivity index (χ2n) is 11.7. The van der Waals surface area contributed by atoms with Gasteiger partial charge in [0.15, 0.2) is 5.65 Å². The molecule has 1 aliphatic carbocycles. The molecule has 5 heterocycles. The van der Waals surface area contributed by atoms with Crippen LogP contribution in [0.2, 0.25) is 0 Å². The number of thiophene rings is 1. The number of likely N-dealkylation sites (N-methyl/N-ethyl adjacent to an activating group) is 1. The summed E-state index contributed by atoms with van der Waals surface area (Å²) in [5.41, 5.74) is 7.44. The highest BCUT2D eigenvalue weighted by molar-refractivity contribution is 7.19. The Labute approximate surface area is 216 Å². The van der Waals surface area contributed by atoms with Gasteiger partial charge in [0.2, 0.25) is 5.91 Å². The lowest BCUT2D eigenvalue weighted by atomic mass is 9.65. The van der Waals surface area contributed by atoms with Crippen molar-refractivity contribution in [2.24, 2.45) is 5.41 Å². The van der Waals surface area contributed by atoms with Gasteiger partial charge in [0, 0.05) is 35.1 Å². The van der Waals surface area contributed by atoms with Crippen molar-refractivity contribution in [3.63, 3.8) is 0 Å². The monoisotopic (exact) mass is 504 g/mol. The van der Waals surface area contributed by atoms with E-state index in [0.717, 1.165) is 29.9 Å². The van der Waals surface area contributed by atoms with E-state index in [1.807, 2.05) is 34.8 Å². The first-order valence-electron chi connectivity index (χ1n) is 13.1. The predicted molar refractivity (Wildman–Crippen MR) is 146 cm³/mol. The maximum Gasteiger partial charge on any atom is 0.236 e. The van der Waals surface area contributed by atoms with Gasteiger partial charge in [-0.1, -0.05) is 13.8 Å². The maximum absolute atomic E-state index is 12.4. The number of H-pyrrole nitrogens is 1. The number of carbonyl (C=O) groups excluding carboxylic acids is 1. The van der Waals surface area contributed by atoms with Crippen molar-refractivity contribution in [3.8, 4) is 11.3 Å². The number of likely N-dealkylation sites (tertiary alicyclic amines) is 1. The summed E-state index contributed by atoms with van der Waals surface area (Å²) in [7, 11) is 3.93. The maximum atomic E-state index is 12.4. The minimum Gasteiger partial charge on any atom is -0.354 e. The number of aromatic nitrogens is 4. The lowest BCUT2D eigenvalue weighted by molar-refractivity contribution is -0.146. The number of aryl methyl sites for hydroxylation is 1. The van der Waals surface area contributed by atoms with E-state index < -0.39 is 0 Å². The Morgan fingerprint density at radius 3 is 2.69 bits per heavy atom. The third kappa shape index (κ3) is 3.95. The van der Waals surface area contributed by atoms with Crippen LogP contribution < -0.4 is 0 Å². The molecule has 2 aliphatic rings. The first-order chi connectivity index (χ1) is 17.2. The molecular weight excluding hydrogens is 468 g/mol. The molecule has 36 heavy (non-hydrogen) atoms. The molecule has 7 nitrogen and oxygen atoms in total. The second kappa shape index (κ2) is 8.70. The Balaban J connectivity index is 1.21. The number of aromatic amines is 1. The SMILES string of the molecule is Cc1cc(-c2[nH]c3cc(C4CCC5(CC4)CN(C(=O)CN(C)C)C5)sc3c2C(C)C)cn2ncnc12. The van der Waals surface area contributed by atoms with E-state index in [4.69, 9.17) is 0 Å². The standard InChI is InChI=1S/C28H36N6OS/c1-17(2)24-25(20-10-18(3)27-29-16-30-34(27)12-20)31-21-11-22(36-26(21)24)19-6-8-28(9-7-19)14-33(15-28)23(35)13-32(4)5/h10-12,16-17,19,31H,6-9,13-15H2,1-5H3. The molecular formula is C28H36N6OS. The van der Waals surface area contributed by atoms with Gasteiger partial charge in [-0.2, -0.15) is 5.10 Å². The van der Waals surface area contributed by atoms with Gasteiger partial charge in [0.1, 0.15) is 6.33 Å². The molecule has 0 aromatic carbocycles. The number of carbonyl (C=O) groups is 1. The summed E-state index contributed by atoms with van der Waals surface area (Å²) in [6.45, 7) is 9.10. The van der Waals surface area contributed by atoms with Gasteiger partial charge >= 0.3 is 0 Å². The third-order valence-electron chi connectivity index (χ3n) is 8.26. The predicted octanol–water partition coefficient (Wildman–Crippen LogP) is 5.42. The number of nitrogens with one attached hydrogen (secondary N) is 1. The number of hydrogen-bond acceptors (Lipinski definition) is 5. The zero-order valence-corrected chi connectivity index (χ0v) is 22.8. The number of hydrogen-bond donors (Lipinski definition) is 1. The fourth-order valence-electron chi connectivity index (χ4n) is 6.37. The van der Waals surface area contributed by atoms with Crippen molar-refractivity contribution < 1.29 is 4.79 Å². The first kappa shape index (κ1) is 23.7. The molecule has 0 unspecified atom stereocenters. The normalized spacial score (nSPS) is 18.2. The minimum absolute atomic E-state index is 0.274. The summed E-state index contributed by atoms with van der Waals surface area (Å²) < 4.78 is 3.28. The molecule has 4 aromatic heterocycles. The van der Waals surface area contributed by atoms with E-state index in [1.165, 1.54) is 52.0 Å². The molecule has 4 aromatic rings. The lowest BCUT2D eigenvalue weighted by Crippen LogP contribution is -2.60. The summed E-state index contributed by atoms with van der Waals surface area (Å²) in [4.78, 5) is 26.1. The minimum atomic E-state index is 0.274. The Bertz CT molecular complexity index is 1430.